The van der Waals surface area contributed by atoms with E-state index in [4.69, 9.17) is 11.5 Å². The number of piperidine rings is 1. The average Bonchev–Trinajstić information content (AvgIpc) is 2.67. The molecule has 2 amide bonds. The van der Waals surface area contributed by atoms with Crippen molar-refractivity contribution in [3.8, 4) is 0 Å². The lowest BCUT2D eigenvalue weighted by Crippen LogP contribution is -2.72. The summed E-state index contributed by atoms with van der Waals surface area (Å²) in [6, 6.07) is 0.387. The highest BCUT2D eigenvalue weighted by atomic mass is 16.2. The normalized spacial score (nSPS) is 37.4. The van der Waals surface area contributed by atoms with Crippen LogP contribution < -0.4 is 27.4 Å². The van der Waals surface area contributed by atoms with Gasteiger partial charge in [-0.25, -0.2) is 0 Å². The highest BCUT2D eigenvalue weighted by Gasteiger charge is 2.38. The van der Waals surface area contributed by atoms with Gasteiger partial charge in [-0.1, -0.05) is 6.42 Å². The SMILES string of the molecule is CN(C)C(=O)C1CCCC(NC2NC(N3CCC[C@H](N)C3)NCC2C(N)=O)C1. The highest BCUT2D eigenvalue weighted by Crippen LogP contribution is 2.26. The molecule has 9 heteroatoms. The first kappa shape index (κ1) is 21.4. The van der Waals surface area contributed by atoms with Crippen LogP contribution in [0.4, 0.5) is 0 Å². The molecule has 3 rings (SSSR count). The molecule has 2 saturated heterocycles. The van der Waals surface area contributed by atoms with Crippen molar-refractivity contribution in [2.24, 2.45) is 23.3 Å². The summed E-state index contributed by atoms with van der Waals surface area (Å²) in [5.74, 6) is -0.412. The molecule has 0 spiro atoms. The molecule has 0 radical (unpaired) electrons. The Labute approximate surface area is 167 Å². The molecule has 1 aliphatic carbocycles. The van der Waals surface area contributed by atoms with Gasteiger partial charge in [0.2, 0.25) is 11.8 Å². The summed E-state index contributed by atoms with van der Waals surface area (Å²) in [5.41, 5.74) is 11.8. The first-order valence-electron chi connectivity index (χ1n) is 10.6. The number of hydrogen-bond acceptors (Lipinski definition) is 7. The molecule has 160 valence electrons. The van der Waals surface area contributed by atoms with Crippen molar-refractivity contribution in [2.45, 2.75) is 63.1 Å². The Morgan fingerprint density at radius 2 is 1.96 bits per heavy atom. The van der Waals surface area contributed by atoms with Crippen LogP contribution in [0.25, 0.3) is 0 Å². The second kappa shape index (κ2) is 9.49. The van der Waals surface area contributed by atoms with Gasteiger partial charge in [0.15, 0.2) is 0 Å². The molecule has 0 aromatic carbocycles. The van der Waals surface area contributed by atoms with E-state index >= 15 is 0 Å². The average molecular weight is 396 g/mol. The Morgan fingerprint density at radius 1 is 1.18 bits per heavy atom. The Bertz CT molecular complexity index is 558. The number of carbonyl (C=O) groups excluding carboxylic acids is 2. The molecular formula is C19H37N7O2. The van der Waals surface area contributed by atoms with E-state index in [2.05, 4.69) is 20.9 Å². The van der Waals surface area contributed by atoms with Crippen molar-refractivity contribution in [1.29, 1.82) is 0 Å². The summed E-state index contributed by atoms with van der Waals surface area (Å²) >= 11 is 0. The summed E-state index contributed by atoms with van der Waals surface area (Å²) < 4.78 is 0. The van der Waals surface area contributed by atoms with E-state index in [0.717, 1.165) is 51.6 Å². The third-order valence-corrected chi connectivity index (χ3v) is 6.37. The molecule has 2 aliphatic heterocycles. The van der Waals surface area contributed by atoms with Gasteiger partial charge in [0.25, 0.3) is 0 Å². The van der Waals surface area contributed by atoms with Gasteiger partial charge >= 0.3 is 0 Å². The summed E-state index contributed by atoms with van der Waals surface area (Å²) in [6.45, 7) is 2.35. The maximum Gasteiger partial charge on any atom is 0.225 e. The van der Waals surface area contributed by atoms with Crippen molar-refractivity contribution in [1.82, 2.24) is 25.8 Å². The first-order valence-corrected chi connectivity index (χ1v) is 10.6. The van der Waals surface area contributed by atoms with Crippen molar-refractivity contribution >= 4 is 11.8 Å². The van der Waals surface area contributed by atoms with Crippen LogP contribution in [0.15, 0.2) is 0 Å². The second-order valence-electron chi connectivity index (χ2n) is 8.82. The lowest BCUT2D eigenvalue weighted by Gasteiger charge is -2.46. The molecule has 6 atom stereocenters. The fourth-order valence-corrected chi connectivity index (χ4v) is 4.82. The molecule has 9 nitrogen and oxygen atoms in total. The summed E-state index contributed by atoms with van der Waals surface area (Å²) in [6.07, 6.45) is 5.65. The molecule has 5 unspecified atom stereocenters. The smallest absolute Gasteiger partial charge is 0.225 e. The topological polar surface area (TPSA) is 129 Å². The van der Waals surface area contributed by atoms with Crippen molar-refractivity contribution in [2.75, 3.05) is 33.7 Å². The van der Waals surface area contributed by atoms with Crippen LogP contribution in [0.3, 0.4) is 0 Å². The third-order valence-electron chi connectivity index (χ3n) is 6.37. The van der Waals surface area contributed by atoms with Gasteiger partial charge in [-0.2, -0.15) is 0 Å². The maximum absolute atomic E-state index is 12.4. The number of rotatable bonds is 5. The number of nitrogens with one attached hydrogen (secondary N) is 3. The van der Waals surface area contributed by atoms with Crippen LogP contribution in [-0.2, 0) is 9.59 Å². The van der Waals surface area contributed by atoms with E-state index in [1.807, 2.05) is 14.1 Å². The van der Waals surface area contributed by atoms with Crippen molar-refractivity contribution in [3.63, 3.8) is 0 Å². The Balaban J connectivity index is 1.62. The molecule has 7 N–H and O–H groups in total. The lowest BCUT2D eigenvalue weighted by atomic mass is 9.84. The standard InChI is InChI=1S/C19H37N7O2/c1-25(2)18(28)12-5-3-7-14(9-12)23-17-15(16(21)27)10-22-19(24-17)26-8-4-6-13(20)11-26/h12-15,17,19,22-24H,3-11,20H2,1-2H3,(H2,21,27)/t12?,13-,14?,15?,17?,19?/m0/s1. The molecule has 3 fully saturated rings. The van der Waals surface area contributed by atoms with Gasteiger partial charge in [-0.05, 0) is 32.1 Å². The summed E-state index contributed by atoms with van der Waals surface area (Å²) in [7, 11) is 3.62. The first-order chi connectivity index (χ1) is 13.3. The summed E-state index contributed by atoms with van der Waals surface area (Å²) in [5, 5.41) is 10.6. The number of nitrogens with zero attached hydrogens (tertiary/aromatic N) is 2. The van der Waals surface area contributed by atoms with Gasteiger partial charge in [0, 0.05) is 51.7 Å². The number of likely N-dealkylation sites (tertiary alicyclic amines) is 1. The summed E-state index contributed by atoms with van der Waals surface area (Å²) in [4.78, 5) is 28.4. The molecule has 28 heavy (non-hydrogen) atoms. The van der Waals surface area contributed by atoms with E-state index < -0.39 is 0 Å². The van der Waals surface area contributed by atoms with Crippen molar-refractivity contribution in [3.05, 3.63) is 0 Å². The zero-order valence-corrected chi connectivity index (χ0v) is 17.2. The van der Waals surface area contributed by atoms with Gasteiger partial charge < -0.3 is 16.4 Å². The quantitative estimate of drug-likeness (QED) is 0.385. The lowest BCUT2D eigenvalue weighted by molar-refractivity contribution is -0.134. The number of carbonyl (C=O) groups is 2. The van der Waals surface area contributed by atoms with Crippen LogP contribution in [-0.4, -0.2) is 79.9 Å². The molecule has 0 aromatic rings. The molecule has 0 aromatic heterocycles. The minimum atomic E-state index is -0.334. The second-order valence-corrected chi connectivity index (χ2v) is 8.82. The Hall–Kier alpha value is -1.26. The predicted octanol–water partition coefficient (Wildman–Crippen LogP) is -1.45. The Kier molecular flexibility index (Phi) is 7.27. The fraction of sp³-hybridized carbons (Fsp3) is 0.895. The van der Waals surface area contributed by atoms with E-state index in [1.165, 1.54) is 0 Å². The monoisotopic (exact) mass is 395 g/mol. The third kappa shape index (κ3) is 5.21. The van der Waals surface area contributed by atoms with Gasteiger partial charge in [0.1, 0.15) is 6.29 Å². The molecule has 0 bridgehead atoms. The van der Waals surface area contributed by atoms with Crippen molar-refractivity contribution < 1.29 is 9.59 Å². The fourth-order valence-electron chi connectivity index (χ4n) is 4.82. The molecule has 3 aliphatic rings. The molecular weight excluding hydrogens is 358 g/mol. The zero-order valence-electron chi connectivity index (χ0n) is 17.2. The van der Waals surface area contributed by atoms with Crippen LogP contribution in [0, 0.1) is 11.8 Å². The number of nitrogens with two attached hydrogens (primary N) is 2. The van der Waals surface area contributed by atoms with Gasteiger partial charge in [-0.3, -0.25) is 30.4 Å². The zero-order chi connectivity index (χ0) is 20.3. The minimum absolute atomic E-state index is 0.0257. The van der Waals surface area contributed by atoms with E-state index in [-0.39, 0.29) is 48.2 Å². The number of amides is 2. The van der Waals surface area contributed by atoms with Crippen LogP contribution >= 0.6 is 0 Å². The molecule has 2 heterocycles. The van der Waals surface area contributed by atoms with E-state index in [9.17, 15) is 9.59 Å². The Morgan fingerprint density at radius 3 is 2.64 bits per heavy atom. The largest absolute Gasteiger partial charge is 0.369 e. The minimum Gasteiger partial charge on any atom is -0.369 e. The number of hydrogen-bond donors (Lipinski definition) is 5. The predicted molar refractivity (Wildman–Crippen MR) is 108 cm³/mol. The van der Waals surface area contributed by atoms with Gasteiger partial charge in [0.05, 0.1) is 12.1 Å². The maximum atomic E-state index is 12.4. The van der Waals surface area contributed by atoms with Crippen LogP contribution in [0.5, 0.6) is 0 Å². The van der Waals surface area contributed by atoms with Gasteiger partial charge in [-0.15, -0.1) is 0 Å². The van der Waals surface area contributed by atoms with Crippen LogP contribution in [0.1, 0.15) is 38.5 Å². The van der Waals surface area contributed by atoms with E-state index in [1.54, 1.807) is 4.90 Å². The molecule has 1 saturated carbocycles. The highest BCUT2D eigenvalue weighted by molar-refractivity contribution is 5.78. The van der Waals surface area contributed by atoms with E-state index in [0.29, 0.717) is 6.54 Å². The number of primary amides is 1. The van der Waals surface area contributed by atoms with Crippen LogP contribution in [0.2, 0.25) is 0 Å².